The highest BCUT2D eigenvalue weighted by molar-refractivity contribution is 6.17. The second-order valence-corrected chi connectivity index (χ2v) is 14.1. The molecule has 56 heavy (non-hydrogen) atoms. The molecule has 10 aromatic rings. The summed E-state index contributed by atoms with van der Waals surface area (Å²) < 4.78 is 2.40. The fraction of sp³-hybridized carbons (Fsp3) is 0. The maximum absolute atomic E-state index is 2.50. The van der Waals surface area contributed by atoms with Crippen molar-refractivity contribution in [1.29, 1.82) is 0 Å². The summed E-state index contributed by atoms with van der Waals surface area (Å²) in [5.74, 6) is 0. The molecule has 0 aliphatic rings. The van der Waals surface area contributed by atoms with Gasteiger partial charge in [0.2, 0.25) is 0 Å². The molecule has 0 saturated carbocycles. The molecule has 2 nitrogen and oxygen atoms in total. The van der Waals surface area contributed by atoms with Crippen molar-refractivity contribution in [2.75, 3.05) is 4.90 Å². The van der Waals surface area contributed by atoms with Crippen LogP contribution in [-0.2, 0) is 0 Å². The number of para-hydroxylation sites is 2. The topological polar surface area (TPSA) is 8.17 Å². The van der Waals surface area contributed by atoms with Crippen LogP contribution in [-0.4, -0.2) is 4.57 Å². The molecule has 0 atom stereocenters. The molecule has 0 aliphatic carbocycles. The first-order chi connectivity index (χ1) is 27.8. The fourth-order valence-electron chi connectivity index (χ4n) is 8.34. The van der Waals surface area contributed by atoms with Gasteiger partial charge in [0.25, 0.3) is 0 Å². The summed E-state index contributed by atoms with van der Waals surface area (Å²) >= 11 is 0. The van der Waals surface area contributed by atoms with Crippen LogP contribution in [0.5, 0.6) is 0 Å². The van der Waals surface area contributed by atoms with E-state index >= 15 is 0 Å². The Kier molecular flexibility index (Phi) is 8.55. The first kappa shape index (κ1) is 33.2. The number of rotatable bonds is 8. The van der Waals surface area contributed by atoms with Crippen molar-refractivity contribution >= 4 is 38.9 Å². The van der Waals surface area contributed by atoms with Crippen LogP contribution in [0.25, 0.3) is 72.0 Å². The zero-order chi connectivity index (χ0) is 37.3. The smallest absolute Gasteiger partial charge is 0.0562 e. The molecule has 0 unspecified atom stereocenters. The molecule has 0 radical (unpaired) electrons. The van der Waals surface area contributed by atoms with E-state index in [1.165, 1.54) is 55.2 Å². The van der Waals surface area contributed by atoms with Crippen LogP contribution in [0.15, 0.2) is 231 Å². The third-order valence-electron chi connectivity index (χ3n) is 10.8. The number of aromatic nitrogens is 1. The molecule has 0 spiro atoms. The van der Waals surface area contributed by atoms with E-state index in [1.54, 1.807) is 0 Å². The SMILES string of the molecule is c1ccc(-c2ccc(N(c3cccc(-c4ccccc4)c3-c3ccccc3)c3cccc4c3c3ccccc3n4-c3ccccc3)cc2-c2ccccc2)cc1. The van der Waals surface area contributed by atoms with E-state index in [2.05, 4.69) is 240 Å². The molecular formula is C54H38N2. The van der Waals surface area contributed by atoms with Crippen molar-refractivity contribution in [3.63, 3.8) is 0 Å². The Hall–Kier alpha value is -7.42. The lowest BCUT2D eigenvalue weighted by atomic mass is 9.91. The summed E-state index contributed by atoms with van der Waals surface area (Å²) in [6, 6.07) is 83.2. The van der Waals surface area contributed by atoms with Crippen molar-refractivity contribution in [1.82, 2.24) is 4.57 Å². The molecule has 0 amide bonds. The largest absolute Gasteiger partial charge is 0.309 e. The number of hydrogen-bond acceptors (Lipinski definition) is 1. The van der Waals surface area contributed by atoms with Gasteiger partial charge in [0.1, 0.15) is 0 Å². The summed E-state index contributed by atoms with van der Waals surface area (Å²) in [5.41, 5.74) is 16.2. The van der Waals surface area contributed by atoms with Crippen molar-refractivity contribution in [2.45, 2.75) is 0 Å². The van der Waals surface area contributed by atoms with Gasteiger partial charge in [-0.15, -0.1) is 0 Å². The normalized spacial score (nSPS) is 11.2. The third kappa shape index (κ3) is 5.85. The number of benzene rings is 9. The molecule has 0 N–H and O–H groups in total. The van der Waals surface area contributed by atoms with Gasteiger partial charge < -0.3 is 9.47 Å². The van der Waals surface area contributed by atoms with Crippen LogP contribution >= 0.6 is 0 Å². The van der Waals surface area contributed by atoms with Gasteiger partial charge >= 0.3 is 0 Å². The van der Waals surface area contributed by atoms with E-state index in [0.717, 1.165) is 33.8 Å². The van der Waals surface area contributed by atoms with E-state index in [9.17, 15) is 0 Å². The maximum Gasteiger partial charge on any atom is 0.0562 e. The zero-order valence-corrected chi connectivity index (χ0v) is 30.8. The van der Waals surface area contributed by atoms with Crippen LogP contribution in [0.3, 0.4) is 0 Å². The van der Waals surface area contributed by atoms with E-state index in [-0.39, 0.29) is 0 Å². The molecule has 10 rings (SSSR count). The molecule has 9 aromatic carbocycles. The molecule has 0 bridgehead atoms. The Morgan fingerprint density at radius 1 is 0.321 bits per heavy atom. The standard InChI is InChI=1S/C54H38N2/c1-6-20-39(21-7-1)45-37-36-44(38-48(45)41-24-10-3-11-25-41)56(50-33-18-31-46(40-22-8-2-9-23-40)53(50)42-26-12-4-13-27-42)52-35-19-34-51-54(52)47-30-16-17-32-49(47)55(51)43-28-14-5-15-29-43/h1-38H. The lowest BCUT2D eigenvalue weighted by molar-refractivity contribution is 1.18. The maximum atomic E-state index is 2.50. The Bertz CT molecular complexity index is 2930. The quantitative estimate of drug-likeness (QED) is 0.152. The molecule has 0 saturated heterocycles. The Morgan fingerprint density at radius 2 is 0.821 bits per heavy atom. The number of hydrogen-bond donors (Lipinski definition) is 0. The van der Waals surface area contributed by atoms with Gasteiger partial charge in [0.05, 0.1) is 22.4 Å². The highest BCUT2D eigenvalue weighted by atomic mass is 15.2. The van der Waals surface area contributed by atoms with Crippen LogP contribution in [0.2, 0.25) is 0 Å². The first-order valence-corrected chi connectivity index (χ1v) is 19.2. The van der Waals surface area contributed by atoms with Gasteiger partial charge in [0.15, 0.2) is 0 Å². The average molecular weight is 715 g/mol. The lowest BCUT2D eigenvalue weighted by Crippen LogP contribution is -2.12. The summed E-state index contributed by atoms with van der Waals surface area (Å²) in [5, 5.41) is 2.40. The third-order valence-corrected chi connectivity index (χ3v) is 10.8. The van der Waals surface area contributed by atoms with Gasteiger partial charge in [-0.25, -0.2) is 0 Å². The number of fused-ring (bicyclic) bond motifs is 3. The number of nitrogens with zero attached hydrogens (tertiary/aromatic N) is 2. The minimum Gasteiger partial charge on any atom is -0.309 e. The Morgan fingerprint density at radius 3 is 1.48 bits per heavy atom. The minimum atomic E-state index is 1.08. The number of anilines is 3. The molecule has 264 valence electrons. The monoisotopic (exact) mass is 714 g/mol. The lowest BCUT2D eigenvalue weighted by Gasteiger charge is -2.31. The Labute approximate surface area is 327 Å². The van der Waals surface area contributed by atoms with Gasteiger partial charge in [-0.05, 0) is 87.5 Å². The summed E-state index contributed by atoms with van der Waals surface area (Å²) in [6.45, 7) is 0. The van der Waals surface area contributed by atoms with Crippen molar-refractivity contribution < 1.29 is 0 Å². The molecule has 0 aliphatic heterocycles. The Balaban J connectivity index is 1.33. The predicted octanol–water partition coefficient (Wildman–Crippen LogP) is 14.9. The van der Waals surface area contributed by atoms with Crippen molar-refractivity contribution in [2.24, 2.45) is 0 Å². The van der Waals surface area contributed by atoms with E-state index in [0.29, 0.717) is 0 Å². The highest BCUT2D eigenvalue weighted by Gasteiger charge is 2.25. The predicted molar refractivity (Wildman–Crippen MR) is 237 cm³/mol. The average Bonchev–Trinajstić information content (AvgIpc) is 3.63. The summed E-state index contributed by atoms with van der Waals surface area (Å²) in [6.07, 6.45) is 0. The highest BCUT2D eigenvalue weighted by Crippen LogP contribution is 2.50. The van der Waals surface area contributed by atoms with Gasteiger partial charge in [-0.1, -0.05) is 182 Å². The van der Waals surface area contributed by atoms with Crippen molar-refractivity contribution in [3.05, 3.63) is 231 Å². The molecule has 1 aromatic heterocycles. The second kappa shape index (κ2) is 14.4. The van der Waals surface area contributed by atoms with Gasteiger partial charge in [-0.3, -0.25) is 0 Å². The van der Waals surface area contributed by atoms with Crippen LogP contribution < -0.4 is 4.90 Å². The van der Waals surface area contributed by atoms with E-state index < -0.39 is 0 Å². The molecule has 0 fully saturated rings. The molecule has 2 heteroatoms. The zero-order valence-electron chi connectivity index (χ0n) is 30.8. The van der Waals surface area contributed by atoms with Crippen LogP contribution in [0.4, 0.5) is 17.1 Å². The molecule has 1 heterocycles. The minimum absolute atomic E-state index is 1.08. The summed E-state index contributed by atoms with van der Waals surface area (Å²) in [7, 11) is 0. The fourth-order valence-corrected chi connectivity index (χ4v) is 8.34. The van der Waals surface area contributed by atoms with Gasteiger partial charge in [-0.2, -0.15) is 0 Å². The van der Waals surface area contributed by atoms with Gasteiger partial charge in [0, 0.05) is 27.7 Å². The van der Waals surface area contributed by atoms with Crippen LogP contribution in [0, 0.1) is 0 Å². The first-order valence-electron chi connectivity index (χ1n) is 19.2. The van der Waals surface area contributed by atoms with Crippen LogP contribution in [0.1, 0.15) is 0 Å². The van der Waals surface area contributed by atoms with Crippen molar-refractivity contribution in [3.8, 4) is 50.2 Å². The van der Waals surface area contributed by atoms with E-state index in [1.807, 2.05) is 0 Å². The summed E-state index contributed by atoms with van der Waals surface area (Å²) in [4.78, 5) is 2.50. The second-order valence-electron chi connectivity index (χ2n) is 14.1. The van der Waals surface area contributed by atoms with E-state index in [4.69, 9.17) is 0 Å². The molecular weight excluding hydrogens is 677 g/mol.